The molecule has 1 saturated heterocycles. The molecule has 194 valence electrons. The maximum absolute atomic E-state index is 12.5. The molecule has 0 unspecified atom stereocenters. The van der Waals surface area contributed by atoms with Crippen molar-refractivity contribution in [3.05, 3.63) is 84.1 Å². The molecule has 0 saturated carbocycles. The van der Waals surface area contributed by atoms with Gasteiger partial charge >= 0.3 is 5.97 Å². The minimum atomic E-state index is -1.42. The first-order valence-corrected chi connectivity index (χ1v) is 12.2. The Hall–Kier alpha value is -3.29. The van der Waals surface area contributed by atoms with E-state index in [1.165, 1.54) is 18.2 Å². The van der Waals surface area contributed by atoms with Crippen LogP contribution in [-0.2, 0) is 23.9 Å². The third-order valence-corrected chi connectivity index (χ3v) is 5.60. The number of ether oxygens (including phenoxy) is 2. The molecule has 0 aromatic rings. The molecule has 2 aliphatic rings. The van der Waals surface area contributed by atoms with Gasteiger partial charge in [0.2, 0.25) is 5.91 Å². The van der Waals surface area contributed by atoms with Crippen molar-refractivity contribution < 1.29 is 29.0 Å². The molecule has 2 bridgehead atoms. The van der Waals surface area contributed by atoms with Gasteiger partial charge in [0.15, 0.2) is 18.1 Å². The van der Waals surface area contributed by atoms with E-state index < -0.39 is 24.2 Å². The van der Waals surface area contributed by atoms with Crippen LogP contribution in [0, 0.1) is 0 Å². The number of ketones is 1. The standard InChI is InChI=1S/C29H37NO6/c1-5-6-7-13-27(32)30-29(34)26-19-22(4)18-25-17-21(3)16-24(35-25)12-9-11-23(31)15-20(2)10-8-14-28(33)36-26/h5-11,13-14,18,24-26,29,34H,3,12,15-17,19H2,1-2,4H3,(H,30,32)/b6-5+,11-9+,13-7-,14-8+,20-10-,22-18+/t24-,25-,26-,29-/m1/s1. The predicted octanol–water partition coefficient (Wildman–Crippen LogP) is 4.33. The fraction of sp³-hybridized carbons (Fsp3) is 0.414. The Morgan fingerprint density at radius 1 is 1.17 bits per heavy atom. The lowest BCUT2D eigenvalue weighted by molar-refractivity contribution is -0.151. The molecule has 0 aliphatic carbocycles. The number of aliphatic hydroxyl groups excluding tert-OH is 1. The minimum Gasteiger partial charge on any atom is -0.454 e. The van der Waals surface area contributed by atoms with E-state index in [2.05, 4.69) is 11.9 Å². The van der Waals surface area contributed by atoms with Gasteiger partial charge in [-0.2, -0.15) is 0 Å². The zero-order valence-corrected chi connectivity index (χ0v) is 21.3. The molecule has 36 heavy (non-hydrogen) atoms. The molecule has 0 aromatic heterocycles. The minimum absolute atomic E-state index is 0.0369. The fourth-order valence-electron chi connectivity index (χ4n) is 3.96. The molecule has 7 heteroatoms. The number of allylic oxidation sites excluding steroid dienone is 7. The summed E-state index contributed by atoms with van der Waals surface area (Å²) >= 11 is 0. The smallest absolute Gasteiger partial charge is 0.331 e. The maximum atomic E-state index is 12.5. The van der Waals surface area contributed by atoms with E-state index in [0.29, 0.717) is 12.8 Å². The average Bonchev–Trinajstić information content (AvgIpc) is 2.77. The highest BCUT2D eigenvalue weighted by Crippen LogP contribution is 2.27. The van der Waals surface area contributed by atoms with Crippen LogP contribution in [-0.4, -0.2) is 47.3 Å². The van der Waals surface area contributed by atoms with Crippen LogP contribution in [0.1, 0.15) is 52.9 Å². The predicted molar refractivity (Wildman–Crippen MR) is 140 cm³/mol. The van der Waals surface area contributed by atoms with E-state index in [1.54, 1.807) is 37.3 Å². The lowest BCUT2D eigenvalue weighted by atomic mass is 9.95. The van der Waals surface area contributed by atoms with E-state index in [4.69, 9.17) is 9.47 Å². The lowest BCUT2D eigenvalue weighted by Crippen LogP contribution is -2.44. The number of fused-ring (bicyclic) bond motifs is 2. The van der Waals surface area contributed by atoms with Gasteiger partial charge in [-0.1, -0.05) is 65.8 Å². The molecule has 2 N–H and O–H groups in total. The van der Waals surface area contributed by atoms with Gasteiger partial charge in [0, 0.05) is 25.0 Å². The summed E-state index contributed by atoms with van der Waals surface area (Å²) in [4.78, 5) is 36.8. The van der Waals surface area contributed by atoms with Crippen LogP contribution in [0.3, 0.4) is 0 Å². The summed E-state index contributed by atoms with van der Waals surface area (Å²) < 4.78 is 11.7. The highest BCUT2D eigenvalue weighted by molar-refractivity contribution is 5.91. The normalized spacial score (nSPS) is 30.3. The van der Waals surface area contributed by atoms with Gasteiger partial charge in [-0.05, 0) is 46.1 Å². The van der Waals surface area contributed by atoms with E-state index in [0.717, 1.165) is 23.1 Å². The quantitative estimate of drug-likeness (QED) is 0.198. The number of nitrogens with one attached hydrogen (secondary N) is 1. The van der Waals surface area contributed by atoms with Crippen LogP contribution in [0.5, 0.6) is 0 Å². The average molecular weight is 496 g/mol. The second-order valence-electron chi connectivity index (χ2n) is 9.14. The number of carbonyl (C=O) groups excluding carboxylic acids is 3. The van der Waals surface area contributed by atoms with Crippen LogP contribution in [0.15, 0.2) is 84.1 Å². The molecule has 0 aromatic carbocycles. The number of rotatable bonds is 4. The number of amides is 1. The Bertz CT molecular complexity index is 997. The van der Waals surface area contributed by atoms with Crippen molar-refractivity contribution in [2.45, 2.75) is 77.4 Å². The molecule has 1 amide bonds. The van der Waals surface area contributed by atoms with Crippen molar-refractivity contribution in [3.63, 3.8) is 0 Å². The monoisotopic (exact) mass is 495 g/mol. The number of carbonyl (C=O) groups is 3. The Morgan fingerprint density at radius 2 is 1.94 bits per heavy atom. The Morgan fingerprint density at radius 3 is 2.69 bits per heavy atom. The van der Waals surface area contributed by atoms with Crippen molar-refractivity contribution >= 4 is 17.7 Å². The van der Waals surface area contributed by atoms with E-state index in [9.17, 15) is 19.5 Å². The Balaban J connectivity index is 2.28. The third kappa shape index (κ3) is 11.0. The fourth-order valence-corrected chi connectivity index (χ4v) is 3.96. The SMILES string of the molecule is C=C1C[C@H]2C/C=C/C(=O)C/C(C)=C\C=C\C(=O)O[C@@H]([C@@H](O)NC(=O)/C=C\C=C\C)C/C(C)=C/[C@@H](C1)O2. The molecule has 2 heterocycles. The van der Waals surface area contributed by atoms with Crippen LogP contribution < -0.4 is 5.32 Å². The summed E-state index contributed by atoms with van der Waals surface area (Å²) in [6, 6.07) is 0. The summed E-state index contributed by atoms with van der Waals surface area (Å²) in [6.45, 7) is 9.61. The second-order valence-corrected chi connectivity index (χ2v) is 9.14. The van der Waals surface area contributed by atoms with Gasteiger partial charge in [-0.3, -0.25) is 9.59 Å². The first-order chi connectivity index (χ1) is 17.2. The number of cyclic esters (lactones) is 1. The molecule has 1 fully saturated rings. The van der Waals surface area contributed by atoms with Gasteiger partial charge in [0.05, 0.1) is 12.2 Å². The number of hydrogen-bond acceptors (Lipinski definition) is 6. The Kier molecular flexibility index (Phi) is 12.0. The molecule has 0 radical (unpaired) electrons. The van der Waals surface area contributed by atoms with Crippen molar-refractivity contribution in [3.8, 4) is 0 Å². The summed E-state index contributed by atoms with van der Waals surface area (Å²) in [5.74, 6) is -1.23. The first kappa shape index (κ1) is 28.9. The molecule has 0 spiro atoms. The van der Waals surface area contributed by atoms with E-state index in [1.807, 2.05) is 26.0 Å². The first-order valence-electron chi connectivity index (χ1n) is 12.2. The molecular weight excluding hydrogens is 458 g/mol. The summed E-state index contributed by atoms with van der Waals surface area (Å²) in [6.07, 6.45) is 15.6. The largest absolute Gasteiger partial charge is 0.454 e. The number of aliphatic hydroxyl groups is 1. The van der Waals surface area contributed by atoms with Gasteiger partial charge in [0.25, 0.3) is 0 Å². The van der Waals surface area contributed by atoms with Crippen molar-refractivity contribution in [1.29, 1.82) is 0 Å². The third-order valence-electron chi connectivity index (χ3n) is 5.60. The van der Waals surface area contributed by atoms with Crippen LogP contribution in [0.25, 0.3) is 0 Å². The van der Waals surface area contributed by atoms with Gasteiger partial charge in [-0.15, -0.1) is 0 Å². The van der Waals surface area contributed by atoms with Crippen LogP contribution in [0.2, 0.25) is 0 Å². The summed E-state index contributed by atoms with van der Waals surface area (Å²) in [7, 11) is 0. The van der Waals surface area contributed by atoms with E-state index >= 15 is 0 Å². The molecule has 4 atom stereocenters. The van der Waals surface area contributed by atoms with Gasteiger partial charge < -0.3 is 19.9 Å². The molecule has 2 aliphatic heterocycles. The van der Waals surface area contributed by atoms with Crippen molar-refractivity contribution in [2.24, 2.45) is 0 Å². The molecule has 7 nitrogen and oxygen atoms in total. The summed E-state index contributed by atoms with van der Waals surface area (Å²) in [5, 5.41) is 13.1. The van der Waals surface area contributed by atoms with E-state index in [-0.39, 0.29) is 30.8 Å². The number of esters is 1. The lowest BCUT2D eigenvalue weighted by Gasteiger charge is -2.30. The zero-order chi connectivity index (χ0) is 26.5. The van der Waals surface area contributed by atoms with Crippen LogP contribution in [0.4, 0.5) is 0 Å². The van der Waals surface area contributed by atoms with Crippen molar-refractivity contribution in [2.75, 3.05) is 0 Å². The maximum Gasteiger partial charge on any atom is 0.331 e. The Labute approximate surface area is 213 Å². The van der Waals surface area contributed by atoms with Crippen LogP contribution >= 0.6 is 0 Å². The summed E-state index contributed by atoms with van der Waals surface area (Å²) in [5.41, 5.74) is 2.67. The highest BCUT2D eigenvalue weighted by atomic mass is 16.6. The van der Waals surface area contributed by atoms with Crippen molar-refractivity contribution in [1.82, 2.24) is 5.32 Å². The molecular formula is C29H37NO6. The van der Waals surface area contributed by atoms with Gasteiger partial charge in [0.1, 0.15) is 0 Å². The zero-order valence-electron chi connectivity index (χ0n) is 21.3. The second kappa shape index (κ2) is 15.0. The van der Waals surface area contributed by atoms with Gasteiger partial charge in [-0.25, -0.2) is 4.79 Å². The topological polar surface area (TPSA) is 102 Å². The number of hydrogen-bond donors (Lipinski definition) is 2. The molecule has 2 rings (SSSR count). The highest BCUT2D eigenvalue weighted by Gasteiger charge is 2.26.